The third-order valence-electron chi connectivity index (χ3n) is 3.90. The van der Waals surface area contributed by atoms with Crippen molar-refractivity contribution in [2.75, 3.05) is 25.5 Å². The Bertz CT molecular complexity index is 456. The molecule has 0 bridgehead atoms. The zero-order chi connectivity index (χ0) is 13.9. The average molecular weight is 261 g/mol. The van der Waals surface area contributed by atoms with E-state index in [1.807, 2.05) is 24.1 Å². The molecule has 1 aliphatic heterocycles. The van der Waals surface area contributed by atoms with Gasteiger partial charge in [0.05, 0.1) is 0 Å². The molecule has 1 aromatic heterocycles. The topological polar surface area (TPSA) is 45.2 Å². The second-order valence-electron chi connectivity index (χ2n) is 5.99. The fourth-order valence-electron chi connectivity index (χ4n) is 2.49. The smallest absolute Gasteiger partial charge is 0.272 e. The van der Waals surface area contributed by atoms with Gasteiger partial charge in [-0.2, -0.15) is 0 Å². The molecule has 1 fully saturated rings. The van der Waals surface area contributed by atoms with Crippen LogP contribution < -0.4 is 5.32 Å². The van der Waals surface area contributed by atoms with Crippen molar-refractivity contribution in [1.82, 2.24) is 9.88 Å². The lowest BCUT2D eigenvalue weighted by molar-refractivity contribution is 0.0751. The summed E-state index contributed by atoms with van der Waals surface area (Å²) in [5.41, 5.74) is 1.80. The van der Waals surface area contributed by atoms with Crippen LogP contribution in [0.2, 0.25) is 0 Å². The van der Waals surface area contributed by atoms with Crippen LogP contribution in [0.3, 0.4) is 0 Å². The molecule has 0 aromatic carbocycles. The molecular formula is C15H23N3O. The third-order valence-corrected chi connectivity index (χ3v) is 3.90. The number of hydrogen-bond acceptors (Lipinski definition) is 3. The number of nitrogens with one attached hydrogen (secondary N) is 1. The molecule has 4 heteroatoms. The van der Waals surface area contributed by atoms with Crippen molar-refractivity contribution in [2.24, 2.45) is 5.41 Å². The number of hydrogen-bond donors (Lipinski definition) is 1. The maximum absolute atomic E-state index is 12.5. The highest BCUT2D eigenvalue weighted by Crippen LogP contribution is 2.30. The van der Waals surface area contributed by atoms with E-state index >= 15 is 0 Å². The lowest BCUT2D eigenvalue weighted by atomic mass is 9.85. The quantitative estimate of drug-likeness (QED) is 0.890. The molecule has 2 rings (SSSR count). The van der Waals surface area contributed by atoms with Crippen LogP contribution in [0.1, 0.15) is 43.6 Å². The van der Waals surface area contributed by atoms with Crippen molar-refractivity contribution in [3.05, 3.63) is 24.0 Å². The van der Waals surface area contributed by atoms with Crippen molar-refractivity contribution in [3.63, 3.8) is 0 Å². The van der Waals surface area contributed by atoms with Crippen LogP contribution in [0.15, 0.2) is 18.3 Å². The molecule has 2 heterocycles. The Morgan fingerprint density at radius 1 is 1.37 bits per heavy atom. The van der Waals surface area contributed by atoms with Crippen molar-refractivity contribution < 1.29 is 4.79 Å². The molecule has 1 aliphatic rings. The van der Waals surface area contributed by atoms with E-state index in [4.69, 9.17) is 0 Å². The molecule has 1 aromatic rings. The predicted octanol–water partition coefficient (Wildman–Crippen LogP) is 2.78. The van der Waals surface area contributed by atoms with Crippen LogP contribution in [-0.2, 0) is 0 Å². The first-order valence-corrected chi connectivity index (χ1v) is 6.95. The van der Waals surface area contributed by atoms with E-state index in [1.165, 1.54) is 6.42 Å². The van der Waals surface area contributed by atoms with E-state index in [9.17, 15) is 4.79 Å². The summed E-state index contributed by atoms with van der Waals surface area (Å²) < 4.78 is 0. The second kappa shape index (κ2) is 5.59. The molecule has 1 saturated heterocycles. The summed E-state index contributed by atoms with van der Waals surface area (Å²) in [4.78, 5) is 18.6. The molecule has 1 N–H and O–H groups in total. The Kier molecular flexibility index (Phi) is 4.08. The summed E-state index contributed by atoms with van der Waals surface area (Å²) in [7, 11) is 1.85. The van der Waals surface area contributed by atoms with Crippen molar-refractivity contribution >= 4 is 11.6 Å². The minimum absolute atomic E-state index is 0.0507. The summed E-state index contributed by atoms with van der Waals surface area (Å²) in [5.74, 6) is 0.0507. The van der Waals surface area contributed by atoms with Crippen LogP contribution in [-0.4, -0.2) is 35.9 Å². The Labute approximate surface area is 115 Å². The molecule has 0 radical (unpaired) electrons. The number of pyridine rings is 1. The van der Waals surface area contributed by atoms with Gasteiger partial charge in [0.2, 0.25) is 0 Å². The number of carbonyl (C=O) groups is 1. The zero-order valence-corrected chi connectivity index (χ0v) is 12.1. The average Bonchev–Trinajstić information content (AvgIpc) is 2.59. The van der Waals surface area contributed by atoms with Gasteiger partial charge in [-0.15, -0.1) is 0 Å². The predicted molar refractivity (Wildman–Crippen MR) is 77.3 cm³/mol. The fourth-order valence-corrected chi connectivity index (χ4v) is 2.49. The van der Waals surface area contributed by atoms with Gasteiger partial charge in [-0.1, -0.05) is 13.8 Å². The van der Waals surface area contributed by atoms with Crippen molar-refractivity contribution in [1.29, 1.82) is 0 Å². The van der Waals surface area contributed by atoms with E-state index in [2.05, 4.69) is 24.1 Å². The second-order valence-corrected chi connectivity index (χ2v) is 5.99. The lowest BCUT2D eigenvalue weighted by Crippen LogP contribution is -2.33. The summed E-state index contributed by atoms with van der Waals surface area (Å²) in [6, 6.07) is 3.68. The fraction of sp³-hybridized carbons (Fsp3) is 0.600. The molecule has 19 heavy (non-hydrogen) atoms. The van der Waals surface area contributed by atoms with Gasteiger partial charge in [0, 0.05) is 32.0 Å². The molecule has 4 nitrogen and oxygen atoms in total. The van der Waals surface area contributed by atoms with E-state index in [0.29, 0.717) is 11.1 Å². The monoisotopic (exact) mass is 261 g/mol. The van der Waals surface area contributed by atoms with Gasteiger partial charge in [-0.05, 0) is 36.8 Å². The number of carbonyl (C=O) groups excluding carboxylic acids is 1. The highest BCUT2D eigenvalue weighted by Gasteiger charge is 2.26. The first kappa shape index (κ1) is 13.8. The Balaban J connectivity index is 2.10. The van der Waals surface area contributed by atoms with Gasteiger partial charge in [0.1, 0.15) is 5.69 Å². The van der Waals surface area contributed by atoms with Crippen molar-refractivity contribution in [3.8, 4) is 0 Å². The Morgan fingerprint density at radius 3 is 2.89 bits per heavy atom. The van der Waals surface area contributed by atoms with Gasteiger partial charge in [0.25, 0.3) is 5.91 Å². The number of rotatable bonds is 2. The minimum Gasteiger partial charge on any atom is -0.388 e. The van der Waals surface area contributed by atoms with Crippen LogP contribution in [0.5, 0.6) is 0 Å². The van der Waals surface area contributed by atoms with Crippen LogP contribution >= 0.6 is 0 Å². The first-order chi connectivity index (χ1) is 9.02. The standard InChI is InChI=1S/C15H23N3O/c1-15(2)6-4-9-18(10-7-15)14(19)13-11-12(16-3)5-8-17-13/h5,8,11H,4,6-7,9-10H2,1-3H3,(H,16,17). The summed E-state index contributed by atoms with van der Waals surface area (Å²) in [6.07, 6.45) is 5.00. The van der Waals surface area contributed by atoms with E-state index < -0.39 is 0 Å². The third kappa shape index (κ3) is 3.46. The van der Waals surface area contributed by atoms with Crippen molar-refractivity contribution in [2.45, 2.75) is 33.1 Å². The van der Waals surface area contributed by atoms with Gasteiger partial charge >= 0.3 is 0 Å². The van der Waals surface area contributed by atoms with E-state index in [0.717, 1.165) is 31.6 Å². The largest absolute Gasteiger partial charge is 0.388 e. The molecule has 0 spiro atoms. The van der Waals surface area contributed by atoms with Gasteiger partial charge in [0.15, 0.2) is 0 Å². The maximum Gasteiger partial charge on any atom is 0.272 e. The van der Waals surface area contributed by atoms with Gasteiger partial charge < -0.3 is 10.2 Å². The zero-order valence-electron chi connectivity index (χ0n) is 12.1. The normalized spacial score (nSPS) is 18.8. The minimum atomic E-state index is 0.0507. The Hall–Kier alpha value is -1.58. The number of nitrogens with zero attached hydrogens (tertiary/aromatic N) is 2. The maximum atomic E-state index is 12.5. The number of likely N-dealkylation sites (tertiary alicyclic amines) is 1. The molecule has 0 atom stereocenters. The summed E-state index contributed by atoms with van der Waals surface area (Å²) >= 11 is 0. The summed E-state index contributed by atoms with van der Waals surface area (Å²) in [6.45, 7) is 6.23. The molecular weight excluding hydrogens is 238 g/mol. The van der Waals surface area contributed by atoms with Gasteiger partial charge in [-0.3, -0.25) is 9.78 Å². The molecule has 0 saturated carbocycles. The van der Waals surface area contributed by atoms with Crippen LogP contribution in [0.4, 0.5) is 5.69 Å². The summed E-state index contributed by atoms with van der Waals surface area (Å²) in [5, 5.41) is 3.04. The van der Waals surface area contributed by atoms with Gasteiger partial charge in [-0.25, -0.2) is 0 Å². The highest BCUT2D eigenvalue weighted by atomic mass is 16.2. The lowest BCUT2D eigenvalue weighted by Gasteiger charge is -2.23. The van der Waals surface area contributed by atoms with E-state index in [1.54, 1.807) is 6.20 Å². The SMILES string of the molecule is CNc1ccnc(C(=O)N2CCCC(C)(C)CC2)c1. The number of anilines is 1. The molecule has 0 unspecified atom stereocenters. The van der Waals surface area contributed by atoms with E-state index in [-0.39, 0.29) is 5.91 Å². The highest BCUT2D eigenvalue weighted by molar-refractivity contribution is 5.93. The molecule has 1 amide bonds. The van der Waals surface area contributed by atoms with Crippen LogP contribution in [0.25, 0.3) is 0 Å². The number of amides is 1. The number of aromatic nitrogens is 1. The Morgan fingerprint density at radius 2 is 2.16 bits per heavy atom. The molecule has 104 valence electrons. The van der Waals surface area contributed by atoms with Crippen LogP contribution in [0, 0.1) is 5.41 Å². The molecule has 0 aliphatic carbocycles. The first-order valence-electron chi connectivity index (χ1n) is 6.95.